The van der Waals surface area contributed by atoms with Gasteiger partial charge in [0.05, 0.1) is 5.60 Å². The van der Waals surface area contributed by atoms with Gasteiger partial charge < -0.3 is 10.1 Å². The van der Waals surface area contributed by atoms with Gasteiger partial charge in [0.15, 0.2) is 0 Å². The summed E-state index contributed by atoms with van der Waals surface area (Å²) in [7, 11) is 1.66. The molecule has 2 nitrogen and oxygen atoms in total. The molecule has 0 aliphatic heterocycles. The Morgan fingerprint density at radius 3 is 2.69 bits per heavy atom. The van der Waals surface area contributed by atoms with Crippen LogP contribution in [0, 0.1) is 5.82 Å². The molecule has 1 rings (SSSR count). The molecular formula is C12H17ClFNO. The van der Waals surface area contributed by atoms with Crippen molar-refractivity contribution in [3.05, 3.63) is 34.6 Å². The summed E-state index contributed by atoms with van der Waals surface area (Å²) in [5.41, 5.74) is 0.361. The molecule has 0 atom stereocenters. The lowest BCUT2D eigenvalue weighted by molar-refractivity contribution is 0.0230. The number of ether oxygens (including phenoxy) is 1. The number of nitrogens with one attached hydrogen (secondary N) is 1. The second-order valence-electron chi connectivity index (χ2n) is 4.30. The van der Waals surface area contributed by atoms with Gasteiger partial charge in [-0.25, -0.2) is 4.39 Å². The maximum absolute atomic E-state index is 13.4. The van der Waals surface area contributed by atoms with Crippen molar-refractivity contribution in [1.29, 1.82) is 0 Å². The molecular weight excluding hydrogens is 229 g/mol. The Morgan fingerprint density at radius 1 is 1.44 bits per heavy atom. The van der Waals surface area contributed by atoms with Gasteiger partial charge >= 0.3 is 0 Å². The highest BCUT2D eigenvalue weighted by molar-refractivity contribution is 6.30. The van der Waals surface area contributed by atoms with E-state index in [-0.39, 0.29) is 11.4 Å². The van der Waals surface area contributed by atoms with Gasteiger partial charge in [-0.15, -0.1) is 0 Å². The second kappa shape index (κ2) is 5.62. The zero-order valence-corrected chi connectivity index (χ0v) is 10.6. The van der Waals surface area contributed by atoms with E-state index in [1.807, 2.05) is 13.8 Å². The number of benzene rings is 1. The first kappa shape index (κ1) is 13.4. The van der Waals surface area contributed by atoms with Gasteiger partial charge in [-0.3, -0.25) is 0 Å². The summed E-state index contributed by atoms with van der Waals surface area (Å²) in [4.78, 5) is 0. The third-order valence-electron chi connectivity index (χ3n) is 2.43. The van der Waals surface area contributed by atoms with Crippen LogP contribution < -0.4 is 5.32 Å². The molecule has 4 heteroatoms. The molecule has 0 spiro atoms. The van der Waals surface area contributed by atoms with Crippen molar-refractivity contribution in [2.45, 2.75) is 26.0 Å². The molecule has 0 bridgehead atoms. The fourth-order valence-electron chi connectivity index (χ4n) is 1.24. The minimum Gasteiger partial charge on any atom is -0.377 e. The summed E-state index contributed by atoms with van der Waals surface area (Å²) < 4.78 is 18.6. The molecule has 0 amide bonds. The van der Waals surface area contributed by atoms with Gasteiger partial charge in [-0.2, -0.15) is 0 Å². The first-order valence-electron chi connectivity index (χ1n) is 5.14. The predicted octanol–water partition coefficient (Wildman–Crippen LogP) is 2.99. The minimum atomic E-state index is -0.282. The number of methoxy groups -OCH3 is 1. The van der Waals surface area contributed by atoms with E-state index in [0.29, 0.717) is 23.7 Å². The molecule has 0 aliphatic carbocycles. The number of hydrogen-bond donors (Lipinski definition) is 1. The highest BCUT2D eigenvalue weighted by Gasteiger charge is 2.15. The fraction of sp³-hybridized carbons (Fsp3) is 0.500. The van der Waals surface area contributed by atoms with Crippen LogP contribution in [0.25, 0.3) is 0 Å². The average Bonchev–Trinajstić information content (AvgIpc) is 2.21. The van der Waals surface area contributed by atoms with Crippen LogP contribution in [-0.2, 0) is 11.3 Å². The van der Waals surface area contributed by atoms with Crippen LogP contribution >= 0.6 is 11.6 Å². The van der Waals surface area contributed by atoms with Gasteiger partial charge in [0, 0.05) is 30.8 Å². The Balaban J connectivity index is 2.49. The summed E-state index contributed by atoms with van der Waals surface area (Å²) >= 11 is 5.67. The van der Waals surface area contributed by atoms with E-state index in [1.165, 1.54) is 6.07 Å². The van der Waals surface area contributed by atoms with Gasteiger partial charge in [0.1, 0.15) is 5.82 Å². The van der Waals surface area contributed by atoms with E-state index in [9.17, 15) is 4.39 Å². The zero-order chi connectivity index (χ0) is 12.2. The van der Waals surface area contributed by atoms with Crippen molar-refractivity contribution in [3.8, 4) is 0 Å². The molecule has 0 aromatic heterocycles. The summed E-state index contributed by atoms with van der Waals surface area (Å²) in [6.07, 6.45) is 0. The molecule has 0 radical (unpaired) electrons. The monoisotopic (exact) mass is 245 g/mol. The maximum atomic E-state index is 13.4. The molecule has 0 fully saturated rings. The molecule has 1 N–H and O–H groups in total. The quantitative estimate of drug-likeness (QED) is 0.861. The maximum Gasteiger partial charge on any atom is 0.129 e. The Labute approximate surface area is 101 Å². The third kappa shape index (κ3) is 4.08. The molecule has 90 valence electrons. The lowest BCUT2D eigenvalue weighted by Crippen LogP contribution is -2.36. The van der Waals surface area contributed by atoms with Crippen LogP contribution in [0.5, 0.6) is 0 Å². The molecule has 1 aromatic rings. The van der Waals surface area contributed by atoms with Crippen LogP contribution in [-0.4, -0.2) is 19.3 Å². The number of rotatable bonds is 5. The molecule has 0 saturated heterocycles. The fourth-order valence-corrected chi connectivity index (χ4v) is 1.39. The van der Waals surface area contributed by atoms with Crippen LogP contribution in [0.4, 0.5) is 4.39 Å². The Kier molecular flexibility index (Phi) is 4.71. The van der Waals surface area contributed by atoms with Crippen LogP contribution in [0.3, 0.4) is 0 Å². The topological polar surface area (TPSA) is 21.3 Å². The third-order valence-corrected chi connectivity index (χ3v) is 2.67. The second-order valence-corrected chi connectivity index (χ2v) is 4.74. The van der Waals surface area contributed by atoms with Gasteiger partial charge in [-0.1, -0.05) is 17.7 Å². The molecule has 0 unspecified atom stereocenters. The SMILES string of the molecule is COC(C)(C)CNCc1ccc(Cl)cc1F. The van der Waals surface area contributed by atoms with Crippen molar-refractivity contribution in [3.63, 3.8) is 0 Å². The van der Waals surface area contributed by atoms with E-state index >= 15 is 0 Å². The molecule has 16 heavy (non-hydrogen) atoms. The number of hydrogen-bond acceptors (Lipinski definition) is 2. The molecule has 0 aliphatic rings. The van der Waals surface area contributed by atoms with E-state index < -0.39 is 0 Å². The predicted molar refractivity (Wildman–Crippen MR) is 64.2 cm³/mol. The Hall–Kier alpha value is -0.640. The van der Waals surface area contributed by atoms with Crippen molar-refractivity contribution in [2.24, 2.45) is 0 Å². The lowest BCUT2D eigenvalue weighted by atomic mass is 10.1. The summed E-state index contributed by atoms with van der Waals surface area (Å²) in [6, 6.07) is 4.69. The highest BCUT2D eigenvalue weighted by atomic mass is 35.5. The van der Waals surface area contributed by atoms with Gasteiger partial charge in [0.2, 0.25) is 0 Å². The zero-order valence-electron chi connectivity index (χ0n) is 9.81. The standard InChI is InChI=1S/C12H17ClFNO/c1-12(2,16-3)8-15-7-9-4-5-10(13)6-11(9)14/h4-6,15H,7-8H2,1-3H3. The van der Waals surface area contributed by atoms with Crippen LogP contribution in [0.1, 0.15) is 19.4 Å². The van der Waals surface area contributed by atoms with Crippen molar-refractivity contribution in [2.75, 3.05) is 13.7 Å². The Morgan fingerprint density at radius 2 is 2.12 bits per heavy atom. The van der Waals surface area contributed by atoms with E-state index in [2.05, 4.69) is 5.32 Å². The summed E-state index contributed by atoms with van der Waals surface area (Å²) in [5, 5.41) is 3.56. The average molecular weight is 246 g/mol. The first-order valence-corrected chi connectivity index (χ1v) is 5.52. The molecule has 1 aromatic carbocycles. The molecule has 0 saturated carbocycles. The largest absolute Gasteiger partial charge is 0.377 e. The number of halogens is 2. The summed E-state index contributed by atoms with van der Waals surface area (Å²) in [5.74, 6) is -0.282. The highest BCUT2D eigenvalue weighted by Crippen LogP contribution is 2.14. The minimum absolute atomic E-state index is 0.247. The first-order chi connectivity index (χ1) is 7.44. The van der Waals surface area contributed by atoms with Gasteiger partial charge in [-0.05, 0) is 26.0 Å². The van der Waals surface area contributed by atoms with Crippen molar-refractivity contribution < 1.29 is 9.13 Å². The normalized spacial score (nSPS) is 11.8. The van der Waals surface area contributed by atoms with Crippen LogP contribution in [0.15, 0.2) is 18.2 Å². The van der Waals surface area contributed by atoms with Crippen LogP contribution in [0.2, 0.25) is 5.02 Å². The smallest absolute Gasteiger partial charge is 0.129 e. The van der Waals surface area contributed by atoms with Gasteiger partial charge in [0.25, 0.3) is 0 Å². The summed E-state index contributed by atoms with van der Waals surface area (Å²) in [6.45, 7) is 5.07. The lowest BCUT2D eigenvalue weighted by Gasteiger charge is -2.23. The van der Waals surface area contributed by atoms with E-state index in [4.69, 9.17) is 16.3 Å². The van der Waals surface area contributed by atoms with Crippen molar-refractivity contribution in [1.82, 2.24) is 5.32 Å². The van der Waals surface area contributed by atoms with Crippen molar-refractivity contribution >= 4 is 11.6 Å². The molecule has 0 heterocycles. The van der Waals surface area contributed by atoms with E-state index in [1.54, 1.807) is 19.2 Å². The Bertz CT molecular complexity index is 355. The van der Waals surface area contributed by atoms with E-state index in [0.717, 1.165) is 0 Å².